The summed E-state index contributed by atoms with van der Waals surface area (Å²) in [5.74, 6) is -0.390. The first kappa shape index (κ1) is 8.87. The minimum atomic E-state index is -0.390. The summed E-state index contributed by atoms with van der Waals surface area (Å²) >= 11 is 7.05. The topological polar surface area (TPSA) is 38.9 Å². The molecule has 0 aliphatic rings. The maximum atomic E-state index is 13.2. The third-order valence-corrected chi connectivity index (χ3v) is 2.88. The largest absolute Gasteiger partial charge is 0.325 e. The van der Waals surface area contributed by atoms with Gasteiger partial charge in [-0.25, -0.2) is 9.37 Å². The van der Waals surface area contributed by atoms with E-state index < -0.39 is 5.82 Å². The molecule has 1 aromatic heterocycles. The van der Waals surface area contributed by atoms with Crippen molar-refractivity contribution in [2.24, 2.45) is 5.73 Å². The van der Waals surface area contributed by atoms with Crippen LogP contribution >= 0.6 is 22.9 Å². The summed E-state index contributed by atoms with van der Waals surface area (Å²) in [6, 6.07) is 2.95. The Morgan fingerprint density at radius 1 is 1.54 bits per heavy atom. The van der Waals surface area contributed by atoms with Crippen LogP contribution in [0.5, 0.6) is 0 Å². The van der Waals surface area contributed by atoms with Gasteiger partial charge in [0.2, 0.25) is 0 Å². The number of rotatable bonds is 1. The highest BCUT2D eigenvalue weighted by Crippen LogP contribution is 2.27. The van der Waals surface area contributed by atoms with Crippen LogP contribution in [0.4, 0.5) is 4.39 Å². The van der Waals surface area contributed by atoms with Crippen LogP contribution in [0.15, 0.2) is 12.1 Å². The first-order chi connectivity index (χ1) is 6.20. The number of nitrogens with two attached hydrogens (primary N) is 1. The zero-order valence-corrected chi connectivity index (χ0v) is 8.12. The van der Waals surface area contributed by atoms with Crippen molar-refractivity contribution in [3.8, 4) is 0 Å². The fourth-order valence-electron chi connectivity index (χ4n) is 1.09. The van der Waals surface area contributed by atoms with E-state index in [0.29, 0.717) is 17.1 Å². The fraction of sp³-hybridized carbons (Fsp3) is 0.125. The van der Waals surface area contributed by atoms with Gasteiger partial charge in [-0.1, -0.05) is 11.6 Å². The summed E-state index contributed by atoms with van der Waals surface area (Å²) in [7, 11) is 0. The number of aromatic nitrogens is 1. The van der Waals surface area contributed by atoms with Crippen molar-refractivity contribution in [3.63, 3.8) is 0 Å². The predicted molar refractivity (Wildman–Crippen MR) is 52.5 cm³/mol. The van der Waals surface area contributed by atoms with Gasteiger partial charge in [0.25, 0.3) is 0 Å². The van der Waals surface area contributed by atoms with Gasteiger partial charge in [-0.2, -0.15) is 0 Å². The molecule has 2 aromatic rings. The van der Waals surface area contributed by atoms with Gasteiger partial charge in [0, 0.05) is 11.6 Å². The Bertz CT molecular complexity index is 455. The zero-order chi connectivity index (χ0) is 9.42. The second kappa shape index (κ2) is 3.21. The number of fused-ring (bicyclic) bond motifs is 1. The Kier molecular flexibility index (Phi) is 2.19. The second-order valence-corrected chi connectivity index (χ2v) is 4.10. The highest BCUT2D eigenvalue weighted by molar-refractivity contribution is 7.18. The number of hydrogen-bond acceptors (Lipinski definition) is 3. The average molecular weight is 217 g/mol. The quantitative estimate of drug-likeness (QED) is 0.796. The zero-order valence-electron chi connectivity index (χ0n) is 6.55. The van der Waals surface area contributed by atoms with Crippen LogP contribution in [-0.4, -0.2) is 4.98 Å². The molecular weight excluding hydrogens is 211 g/mol. The van der Waals surface area contributed by atoms with Crippen LogP contribution in [0, 0.1) is 5.82 Å². The summed E-state index contributed by atoms with van der Waals surface area (Å²) < 4.78 is 14.0. The van der Waals surface area contributed by atoms with Crippen LogP contribution < -0.4 is 5.73 Å². The van der Waals surface area contributed by atoms with E-state index >= 15 is 0 Å². The van der Waals surface area contributed by atoms with Crippen LogP contribution in [0.1, 0.15) is 5.01 Å². The first-order valence-corrected chi connectivity index (χ1v) is 4.84. The van der Waals surface area contributed by atoms with E-state index in [1.807, 2.05) is 0 Å². The molecule has 0 fully saturated rings. The molecular formula is C8H6ClFN2S. The highest BCUT2D eigenvalue weighted by Gasteiger charge is 2.08. The Hall–Kier alpha value is -0.710. The third-order valence-electron chi connectivity index (χ3n) is 1.63. The SMILES string of the molecule is NCc1nc2c(F)cc(Cl)cc2s1. The lowest BCUT2D eigenvalue weighted by molar-refractivity contribution is 0.637. The van der Waals surface area contributed by atoms with E-state index in [9.17, 15) is 4.39 Å². The number of halogens is 2. The highest BCUT2D eigenvalue weighted by atomic mass is 35.5. The van der Waals surface area contributed by atoms with Crippen molar-refractivity contribution in [2.45, 2.75) is 6.54 Å². The molecule has 0 radical (unpaired) electrons. The maximum absolute atomic E-state index is 13.2. The monoisotopic (exact) mass is 216 g/mol. The molecule has 1 aromatic carbocycles. The van der Waals surface area contributed by atoms with Gasteiger partial charge in [0.05, 0.1) is 4.70 Å². The van der Waals surface area contributed by atoms with Crippen molar-refractivity contribution in [1.82, 2.24) is 4.98 Å². The molecule has 0 amide bonds. The molecule has 2 rings (SSSR count). The lowest BCUT2D eigenvalue weighted by Gasteiger charge is -1.91. The molecule has 0 bridgehead atoms. The Morgan fingerprint density at radius 2 is 2.31 bits per heavy atom. The normalized spacial score (nSPS) is 11.0. The molecule has 0 aliphatic carbocycles. The van der Waals surface area contributed by atoms with Crippen LogP contribution in [-0.2, 0) is 6.54 Å². The molecule has 0 spiro atoms. The smallest absolute Gasteiger partial charge is 0.151 e. The van der Waals surface area contributed by atoms with Gasteiger partial charge < -0.3 is 5.73 Å². The molecule has 0 aliphatic heterocycles. The molecule has 0 saturated carbocycles. The van der Waals surface area contributed by atoms with Crippen molar-refractivity contribution in [1.29, 1.82) is 0 Å². The second-order valence-electron chi connectivity index (χ2n) is 2.55. The standard InChI is InChI=1S/C8H6ClFN2S/c9-4-1-5(10)8-6(2-4)13-7(3-11)12-8/h1-2H,3,11H2. The van der Waals surface area contributed by atoms with Crippen LogP contribution in [0.3, 0.4) is 0 Å². The van der Waals surface area contributed by atoms with Crippen LogP contribution in [0.2, 0.25) is 5.02 Å². The minimum Gasteiger partial charge on any atom is -0.325 e. The molecule has 68 valence electrons. The molecule has 0 saturated heterocycles. The Balaban J connectivity index is 2.75. The summed E-state index contributed by atoms with van der Waals surface area (Å²) in [6.07, 6.45) is 0. The van der Waals surface area contributed by atoms with Gasteiger partial charge in [-0.3, -0.25) is 0 Å². The van der Waals surface area contributed by atoms with Gasteiger partial charge in [0.15, 0.2) is 5.82 Å². The van der Waals surface area contributed by atoms with Crippen molar-refractivity contribution < 1.29 is 4.39 Å². The molecule has 2 N–H and O–H groups in total. The number of hydrogen-bond donors (Lipinski definition) is 1. The van der Waals surface area contributed by atoms with E-state index in [0.717, 1.165) is 9.71 Å². The molecule has 1 heterocycles. The molecule has 2 nitrogen and oxygen atoms in total. The number of thiazole rings is 1. The Morgan fingerprint density at radius 3 is 3.00 bits per heavy atom. The van der Waals surface area contributed by atoms with Crippen molar-refractivity contribution in [3.05, 3.63) is 28.0 Å². The lowest BCUT2D eigenvalue weighted by Crippen LogP contribution is -1.94. The van der Waals surface area contributed by atoms with Gasteiger partial charge in [0.1, 0.15) is 10.5 Å². The first-order valence-electron chi connectivity index (χ1n) is 3.65. The van der Waals surface area contributed by atoms with E-state index in [1.54, 1.807) is 6.07 Å². The molecule has 0 atom stereocenters. The minimum absolute atomic E-state index is 0.330. The summed E-state index contributed by atoms with van der Waals surface area (Å²) in [6.45, 7) is 0.330. The van der Waals surface area contributed by atoms with E-state index in [4.69, 9.17) is 17.3 Å². The van der Waals surface area contributed by atoms with Gasteiger partial charge in [-0.05, 0) is 12.1 Å². The Labute approximate surface area is 83.1 Å². The molecule has 0 unspecified atom stereocenters. The third kappa shape index (κ3) is 1.52. The maximum Gasteiger partial charge on any atom is 0.151 e. The van der Waals surface area contributed by atoms with E-state index in [-0.39, 0.29) is 0 Å². The van der Waals surface area contributed by atoms with Gasteiger partial charge in [-0.15, -0.1) is 11.3 Å². The number of nitrogens with zero attached hydrogens (tertiary/aromatic N) is 1. The molecule has 5 heteroatoms. The summed E-state index contributed by atoms with van der Waals surface area (Å²) in [5, 5.41) is 1.10. The van der Waals surface area contributed by atoms with E-state index in [2.05, 4.69) is 4.98 Å². The molecule has 13 heavy (non-hydrogen) atoms. The van der Waals surface area contributed by atoms with E-state index in [1.165, 1.54) is 17.4 Å². The fourth-order valence-corrected chi connectivity index (χ4v) is 2.26. The van der Waals surface area contributed by atoms with Crippen molar-refractivity contribution in [2.75, 3.05) is 0 Å². The number of benzene rings is 1. The summed E-state index contributed by atoms with van der Waals surface area (Å²) in [5.41, 5.74) is 5.75. The predicted octanol–water partition coefficient (Wildman–Crippen LogP) is 2.55. The summed E-state index contributed by atoms with van der Waals surface area (Å²) in [4.78, 5) is 4.03. The van der Waals surface area contributed by atoms with Crippen molar-refractivity contribution >= 4 is 33.2 Å². The van der Waals surface area contributed by atoms with Crippen LogP contribution in [0.25, 0.3) is 10.2 Å². The van der Waals surface area contributed by atoms with Gasteiger partial charge >= 0.3 is 0 Å². The average Bonchev–Trinajstić information content (AvgIpc) is 2.47. The lowest BCUT2D eigenvalue weighted by atomic mass is 10.3.